The monoisotopic (exact) mass is 363 g/mol. The second-order valence-corrected chi connectivity index (χ2v) is 6.63. The van der Waals surface area contributed by atoms with E-state index in [1.165, 1.54) is 0 Å². The molecule has 0 amide bonds. The maximum Gasteiger partial charge on any atom is 0.348 e. The van der Waals surface area contributed by atoms with Crippen LogP contribution in [0.15, 0.2) is 24.3 Å². The van der Waals surface area contributed by atoms with Crippen LogP contribution in [0.1, 0.15) is 46.3 Å². The number of hydrogen-bond donors (Lipinski definition) is 2. The largest absolute Gasteiger partial charge is 0.462 e. The molecule has 0 fully saturated rings. The fraction of sp³-hybridized carbons (Fsp3) is 0.294. The Kier molecular flexibility index (Phi) is 6.21. The van der Waals surface area contributed by atoms with Crippen molar-refractivity contribution in [1.82, 2.24) is 5.32 Å². The van der Waals surface area contributed by atoms with Gasteiger partial charge in [-0.05, 0) is 31.5 Å². The van der Waals surface area contributed by atoms with Gasteiger partial charge in [0.15, 0.2) is 0 Å². The summed E-state index contributed by atoms with van der Waals surface area (Å²) in [4.78, 5) is 12.5. The van der Waals surface area contributed by atoms with Crippen LogP contribution in [-0.2, 0) is 11.3 Å². The predicted octanol–water partition coefficient (Wildman–Crippen LogP) is 3.88. The molecule has 1 atom stereocenters. The molecule has 3 N–H and O–H groups in total. The highest BCUT2D eigenvalue weighted by atomic mass is 35.5. The van der Waals surface area contributed by atoms with Crippen molar-refractivity contribution < 1.29 is 9.53 Å². The Hall–Kier alpha value is -2.07. The van der Waals surface area contributed by atoms with Gasteiger partial charge in [-0.3, -0.25) is 0 Å². The zero-order chi connectivity index (χ0) is 17.7. The number of nitrogens with two attached hydrogens (primary N) is 1. The lowest BCUT2D eigenvalue weighted by Crippen LogP contribution is -2.20. The van der Waals surface area contributed by atoms with E-state index in [9.17, 15) is 10.1 Å². The van der Waals surface area contributed by atoms with E-state index in [4.69, 9.17) is 22.1 Å². The van der Waals surface area contributed by atoms with Crippen molar-refractivity contribution in [2.75, 3.05) is 12.3 Å². The minimum Gasteiger partial charge on any atom is -0.462 e. The molecule has 0 aliphatic heterocycles. The normalized spacial score (nSPS) is 11.8. The number of nitrogens with zero attached hydrogens (tertiary/aromatic N) is 1. The second kappa shape index (κ2) is 8.15. The first kappa shape index (κ1) is 18.3. The van der Waals surface area contributed by atoms with Gasteiger partial charge in [-0.25, -0.2) is 4.79 Å². The van der Waals surface area contributed by atoms with E-state index in [0.29, 0.717) is 32.6 Å². The highest BCUT2D eigenvalue weighted by Gasteiger charge is 2.23. The van der Waals surface area contributed by atoms with Crippen LogP contribution in [0, 0.1) is 11.3 Å². The molecule has 1 heterocycles. The number of thiophene rings is 1. The molecule has 0 unspecified atom stereocenters. The number of halogens is 1. The molecule has 0 aliphatic rings. The lowest BCUT2D eigenvalue weighted by atomic mass is 10.1. The van der Waals surface area contributed by atoms with E-state index in [2.05, 4.69) is 11.4 Å². The molecule has 0 spiro atoms. The summed E-state index contributed by atoms with van der Waals surface area (Å²) in [7, 11) is 0. The SMILES string of the molecule is CCOC(=O)c1sc(N)c(C#N)c1CN[C@@H](C)c1cccc(Cl)c1. The smallest absolute Gasteiger partial charge is 0.348 e. The summed E-state index contributed by atoms with van der Waals surface area (Å²) in [5, 5.41) is 13.6. The quantitative estimate of drug-likeness (QED) is 0.760. The lowest BCUT2D eigenvalue weighted by Gasteiger charge is -2.15. The van der Waals surface area contributed by atoms with Gasteiger partial charge in [-0.15, -0.1) is 11.3 Å². The van der Waals surface area contributed by atoms with E-state index in [-0.39, 0.29) is 12.6 Å². The van der Waals surface area contributed by atoms with Crippen molar-refractivity contribution in [1.29, 1.82) is 5.26 Å². The first-order valence-electron chi connectivity index (χ1n) is 7.45. The Bertz CT molecular complexity index is 783. The van der Waals surface area contributed by atoms with Crippen molar-refractivity contribution >= 4 is 33.9 Å². The van der Waals surface area contributed by atoms with Gasteiger partial charge in [0.05, 0.1) is 12.2 Å². The number of nitrogen functional groups attached to an aromatic ring is 1. The van der Waals surface area contributed by atoms with Crippen LogP contribution >= 0.6 is 22.9 Å². The Labute approximate surface area is 150 Å². The molecule has 0 saturated heterocycles. The Morgan fingerprint density at radius 1 is 1.54 bits per heavy atom. The molecule has 0 aliphatic carbocycles. The maximum absolute atomic E-state index is 12.1. The minimum absolute atomic E-state index is 0.00795. The molecule has 0 radical (unpaired) electrons. The molecular formula is C17H18ClN3O2S. The third kappa shape index (κ3) is 4.06. The Balaban J connectivity index is 2.22. The van der Waals surface area contributed by atoms with Gasteiger partial charge in [0.2, 0.25) is 0 Å². The Morgan fingerprint density at radius 3 is 2.92 bits per heavy atom. The zero-order valence-electron chi connectivity index (χ0n) is 13.4. The third-order valence-electron chi connectivity index (χ3n) is 3.54. The van der Waals surface area contributed by atoms with Gasteiger partial charge >= 0.3 is 5.97 Å². The van der Waals surface area contributed by atoms with Crippen molar-refractivity contribution in [3.05, 3.63) is 50.9 Å². The van der Waals surface area contributed by atoms with E-state index in [1.54, 1.807) is 6.92 Å². The standard InChI is InChI=1S/C17H18ClN3O2S/c1-3-23-17(22)15-14(13(8-19)16(20)24-15)9-21-10(2)11-5-4-6-12(18)7-11/h4-7,10,21H,3,9,20H2,1-2H3/t10-/m0/s1. The number of nitriles is 1. The van der Waals surface area contributed by atoms with Crippen LogP contribution < -0.4 is 11.1 Å². The number of benzene rings is 1. The summed E-state index contributed by atoms with van der Waals surface area (Å²) in [5.74, 6) is -0.456. The number of carbonyl (C=O) groups is 1. The minimum atomic E-state index is -0.456. The molecule has 2 rings (SSSR count). The maximum atomic E-state index is 12.1. The van der Waals surface area contributed by atoms with Gasteiger partial charge in [0, 0.05) is 23.2 Å². The van der Waals surface area contributed by atoms with Crippen LogP contribution in [0.5, 0.6) is 0 Å². The third-order valence-corrected chi connectivity index (χ3v) is 4.82. The molecule has 5 nitrogen and oxygen atoms in total. The average molecular weight is 364 g/mol. The van der Waals surface area contributed by atoms with E-state index >= 15 is 0 Å². The van der Waals surface area contributed by atoms with Gasteiger partial charge < -0.3 is 15.8 Å². The number of ether oxygens (including phenoxy) is 1. The second-order valence-electron chi connectivity index (χ2n) is 5.14. The number of esters is 1. The number of rotatable bonds is 6. The molecule has 0 saturated carbocycles. The summed E-state index contributed by atoms with van der Waals surface area (Å²) < 4.78 is 5.05. The molecule has 126 valence electrons. The molecular weight excluding hydrogens is 346 g/mol. The van der Waals surface area contributed by atoms with Crippen LogP contribution in [-0.4, -0.2) is 12.6 Å². The number of anilines is 1. The number of nitrogens with one attached hydrogen (secondary N) is 1. The van der Waals surface area contributed by atoms with E-state index in [1.807, 2.05) is 31.2 Å². The van der Waals surface area contributed by atoms with Crippen LogP contribution in [0.25, 0.3) is 0 Å². The molecule has 1 aromatic carbocycles. The summed E-state index contributed by atoms with van der Waals surface area (Å²) in [6, 6.07) is 9.59. The molecule has 0 bridgehead atoms. The van der Waals surface area contributed by atoms with Crippen LogP contribution in [0.2, 0.25) is 5.02 Å². The predicted molar refractivity (Wildman–Crippen MR) is 96.1 cm³/mol. The van der Waals surface area contributed by atoms with Crippen molar-refractivity contribution in [3.63, 3.8) is 0 Å². The zero-order valence-corrected chi connectivity index (χ0v) is 15.0. The van der Waals surface area contributed by atoms with Gasteiger partial charge in [0.1, 0.15) is 15.9 Å². The summed E-state index contributed by atoms with van der Waals surface area (Å²) in [6.45, 7) is 4.32. The van der Waals surface area contributed by atoms with E-state index < -0.39 is 5.97 Å². The fourth-order valence-corrected chi connectivity index (χ4v) is 3.42. The van der Waals surface area contributed by atoms with Gasteiger partial charge in [0.25, 0.3) is 0 Å². The summed E-state index contributed by atoms with van der Waals surface area (Å²) in [6.07, 6.45) is 0. The Morgan fingerprint density at radius 2 is 2.29 bits per heavy atom. The number of hydrogen-bond acceptors (Lipinski definition) is 6. The van der Waals surface area contributed by atoms with Crippen LogP contribution in [0.3, 0.4) is 0 Å². The molecule has 1 aromatic heterocycles. The highest BCUT2D eigenvalue weighted by Crippen LogP contribution is 2.31. The van der Waals surface area contributed by atoms with Crippen LogP contribution in [0.4, 0.5) is 5.00 Å². The molecule has 2 aromatic rings. The topological polar surface area (TPSA) is 88.1 Å². The average Bonchev–Trinajstić information content (AvgIpc) is 2.88. The molecule has 24 heavy (non-hydrogen) atoms. The number of carbonyl (C=O) groups excluding carboxylic acids is 1. The highest BCUT2D eigenvalue weighted by molar-refractivity contribution is 7.18. The van der Waals surface area contributed by atoms with Gasteiger partial charge in [-0.1, -0.05) is 23.7 Å². The summed E-state index contributed by atoms with van der Waals surface area (Å²) >= 11 is 7.09. The first-order valence-corrected chi connectivity index (χ1v) is 8.64. The summed E-state index contributed by atoms with van der Waals surface area (Å²) in [5.41, 5.74) is 7.79. The fourth-order valence-electron chi connectivity index (χ4n) is 2.29. The molecule has 7 heteroatoms. The van der Waals surface area contributed by atoms with E-state index in [0.717, 1.165) is 16.9 Å². The first-order chi connectivity index (χ1) is 11.5. The van der Waals surface area contributed by atoms with Gasteiger partial charge in [-0.2, -0.15) is 5.26 Å². The van der Waals surface area contributed by atoms with Crippen molar-refractivity contribution in [2.24, 2.45) is 0 Å². The van der Waals surface area contributed by atoms with Crippen molar-refractivity contribution in [2.45, 2.75) is 26.4 Å². The van der Waals surface area contributed by atoms with Crippen molar-refractivity contribution in [3.8, 4) is 6.07 Å². The lowest BCUT2D eigenvalue weighted by molar-refractivity contribution is 0.0530.